The summed E-state index contributed by atoms with van der Waals surface area (Å²) in [4.78, 5) is 11.9. The number of rotatable bonds is 4. The number of ketones is 1. The first-order valence-corrected chi connectivity index (χ1v) is 5.92. The fourth-order valence-corrected chi connectivity index (χ4v) is 1.78. The molecule has 0 radical (unpaired) electrons. The van der Waals surface area contributed by atoms with Crippen molar-refractivity contribution in [3.63, 3.8) is 0 Å². The summed E-state index contributed by atoms with van der Waals surface area (Å²) in [7, 11) is 1.85. The standard InChI is InChI=1S/C15H17NO2/c1-11-6-7-13(9-12(11)2)18-10-15(17)14-5-4-8-16(14)3/h4-9H,10H2,1-3H3. The second-order valence-electron chi connectivity index (χ2n) is 4.46. The molecule has 2 rings (SSSR count). The highest BCUT2D eigenvalue weighted by molar-refractivity contribution is 5.95. The predicted molar refractivity (Wildman–Crippen MR) is 71.2 cm³/mol. The van der Waals surface area contributed by atoms with Crippen molar-refractivity contribution in [3.8, 4) is 5.75 Å². The molecule has 1 aromatic carbocycles. The van der Waals surface area contributed by atoms with Crippen LogP contribution in [-0.2, 0) is 7.05 Å². The van der Waals surface area contributed by atoms with Crippen molar-refractivity contribution in [3.05, 3.63) is 53.3 Å². The summed E-state index contributed by atoms with van der Waals surface area (Å²) in [5.41, 5.74) is 3.05. The summed E-state index contributed by atoms with van der Waals surface area (Å²) in [5, 5.41) is 0. The number of hydrogen-bond acceptors (Lipinski definition) is 2. The molecule has 0 aliphatic carbocycles. The third-order valence-electron chi connectivity index (χ3n) is 3.08. The minimum atomic E-state index is -0.0132. The van der Waals surface area contributed by atoms with E-state index < -0.39 is 0 Å². The average Bonchev–Trinajstić information content (AvgIpc) is 2.77. The Balaban J connectivity index is 2.02. The van der Waals surface area contributed by atoms with Gasteiger partial charge in [-0.05, 0) is 49.2 Å². The molecular formula is C15H17NO2. The number of benzene rings is 1. The van der Waals surface area contributed by atoms with Gasteiger partial charge in [-0.2, -0.15) is 0 Å². The number of ether oxygens (including phenoxy) is 1. The van der Waals surface area contributed by atoms with Crippen molar-refractivity contribution < 1.29 is 9.53 Å². The fraction of sp³-hybridized carbons (Fsp3) is 0.267. The Morgan fingerprint density at radius 3 is 2.61 bits per heavy atom. The molecule has 0 saturated carbocycles. The summed E-state index contributed by atoms with van der Waals surface area (Å²) in [6.07, 6.45) is 1.85. The number of carbonyl (C=O) groups excluding carboxylic acids is 1. The topological polar surface area (TPSA) is 31.2 Å². The van der Waals surface area contributed by atoms with Gasteiger partial charge in [0.15, 0.2) is 6.61 Å². The van der Waals surface area contributed by atoms with E-state index in [0.29, 0.717) is 5.69 Å². The van der Waals surface area contributed by atoms with Crippen molar-refractivity contribution in [2.45, 2.75) is 13.8 Å². The molecule has 18 heavy (non-hydrogen) atoms. The van der Waals surface area contributed by atoms with Gasteiger partial charge in [-0.25, -0.2) is 0 Å². The maximum atomic E-state index is 11.9. The molecule has 0 N–H and O–H groups in total. The van der Waals surface area contributed by atoms with Crippen molar-refractivity contribution in [2.75, 3.05) is 6.61 Å². The highest BCUT2D eigenvalue weighted by atomic mass is 16.5. The molecule has 94 valence electrons. The van der Waals surface area contributed by atoms with Crippen molar-refractivity contribution >= 4 is 5.78 Å². The lowest BCUT2D eigenvalue weighted by Crippen LogP contribution is -2.14. The van der Waals surface area contributed by atoms with E-state index in [4.69, 9.17) is 4.74 Å². The van der Waals surface area contributed by atoms with Gasteiger partial charge in [0.1, 0.15) is 5.75 Å². The second-order valence-corrected chi connectivity index (χ2v) is 4.46. The second kappa shape index (κ2) is 5.08. The molecule has 0 saturated heterocycles. The number of aromatic nitrogens is 1. The molecule has 0 bridgehead atoms. The van der Waals surface area contributed by atoms with Gasteiger partial charge in [-0.1, -0.05) is 6.07 Å². The van der Waals surface area contributed by atoms with E-state index in [-0.39, 0.29) is 12.4 Å². The van der Waals surface area contributed by atoms with E-state index in [1.54, 1.807) is 10.6 Å². The molecular weight excluding hydrogens is 226 g/mol. The first-order chi connectivity index (χ1) is 8.58. The molecule has 0 spiro atoms. The summed E-state index contributed by atoms with van der Waals surface area (Å²) >= 11 is 0. The smallest absolute Gasteiger partial charge is 0.216 e. The average molecular weight is 243 g/mol. The number of Topliss-reactive ketones (excluding diaryl/α,β-unsaturated/α-hetero) is 1. The van der Waals surface area contributed by atoms with Gasteiger partial charge in [-0.15, -0.1) is 0 Å². The fourth-order valence-electron chi connectivity index (χ4n) is 1.78. The maximum Gasteiger partial charge on any atom is 0.216 e. The van der Waals surface area contributed by atoms with Crippen LogP contribution < -0.4 is 4.74 Å². The largest absolute Gasteiger partial charge is 0.485 e. The Kier molecular flexibility index (Phi) is 3.51. The van der Waals surface area contributed by atoms with E-state index in [2.05, 4.69) is 0 Å². The summed E-state index contributed by atoms with van der Waals surface area (Å²) in [6, 6.07) is 9.49. The number of carbonyl (C=O) groups is 1. The Labute approximate surface area is 107 Å². The highest BCUT2D eigenvalue weighted by Gasteiger charge is 2.09. The number of nitrogens with zero attached hydrogens (tertiary/aromatic N) is 1. The zero-order valence-electron chi connectivity index (χ0n) is 10.9. The molecule has 0 unspecified atom stereocenters. The van der Waals surface area contributed by atoms with Gasteiger partial charge in [-0.3, -0.25) is 4.79 Å². The van der Waals surface area contributed by atoms with E-state index in [0.717, 1.165) is 5.75 Å². The van der Waals surface area contributed by atoms with Crippen LogP contribution in [0.1, 0.15) is 21.6 Å². The van der Waals surface area contributed by atoms with Gasteiger partial charge in [0, 0.05) is 13.2 Å². The highest BCUT2D eigenvalue weighted by Crippen LogP contribution is 2.16. The van der Waals surface area contributed by atoms with Crippen LogP contribution in [0.15, 0.2) is 36.5 Å². The molecule has 2 aromatic rings. The van der Waals surface area contributed by atoms with Crippen molar-refractivity contribution in [1.82, 2.24) is 4.57 Å². The van der Waals surface area contributed by atoms with Crippen LogP contribution >= 0.6 is 0 Å². The molecule has 0 amide bonds. The van der Waals surface area contributed by atoms with Gasteiger partial charge >= 0.3 is 0 Å². The molecule has 0 fully saturated rings. The third-order valence-corrected chi connectivity index (χ3v) is 3.08. The zero-order valence-corrected chi connectivity index (χ0v) is 10.9. The van der Waals surface area contributed by atoms with Crippen molar-refractivity contribution in [1.29, 1.82) is 0 Å². The van der Waals surface area contributed by atoms with Gasteiger partial charge in [0.05, 0.1) is 5.69 Å². The van der Waals surface area contributed by atoms with Gasteiger partial charge in [0.2, 0.25) is 5.78 Å². The predicted octanol–water partition coefficient (Wildman–Crippen LogP) is 2.90. The number of aryl methyl sites for hydroxylation is 3. The lowest BCUT2D eigenvalue weighted by atomic mass is 10.1. The zero-order chi connectivity index (χ0) is 13.1. The third kappa shape index (κ3) is 2.62. The van der Waals surface area contributed by atoms with Crippen LogP contribution in [0, 0.1) is 13.8 Å². The maximum absolute atomic E-state index is 11.9. The molecule has 1 heterocycles. The van der Waals surface area contributed by atoms with E-state index in [9.17, 15) is 4.79 Å². The Morgan fingerprint density at radius 1 is 1.22 bits per heavy atom. The van der Waals surface area contributed by atoms with E-state index >= 15 is 0 Å². The first-order valence-electron chi connectivity index (χ1n) is 5.92. The summed E-state index contributed by atoms with van der Waals surface area (Å²) in [6.45, 7) is 4.15. The molecule has 3 heteroatoms. The lowest BCUT2D eigenvalue weighted by Gasteiger charge is -2.08. The normalized spacial score (nSPS) is 10.4. The van der Waals surface area contributed by atoms with Crippen LogP contribution in [0.2, 0.25) is 0 Å². The Morgan fingerprint density at radius 2 is 2.00 bits per heavy atom. The molecule has 3 nitrogen and oxygen atoms in total. The molecule has 0 aliphatic heterocycles. The minimum absolute atomic E-state index is 0.0132. The van der Waals surface area contributed by atoms with Crippen molar-refractivity contribution in [2.24, 2.45) is 7.05 Å². The van der Waals surface area contributed by atoms with Crippen LogP contribution in [0.25, 0.3) is 0 Å². The molecule has 0 atom stereocenters. The lowest BCUT2D eigenvalue weighted by molar-refractivity contribution is 0.0913. The van der Waals surface area contributed by atoms with E-state index in [1.807, 2.05) is 51.4 Å². The Bertz CT molecular complexity index is 570. The quantitative estimate of drug-likeness (QED) is 0.773. The number of hydrogen-bond donors (Lipinski definition) is 0. The van der Waals surface area contributed by atoms with Crippen LogP contribution in [0.3, 0.4) is 0 Å². The van der Waals surface area contributed by atoms with E-state index in [1.165, 1.54) is 11.1 Å². The van der Waals surface area contributed by atoms with Crippen LogP contribution in [-0.4, -0.2) is 17.0 Å². The van der Waals surface area contributed by atoms with Crippen LogP contribution in [0.5, 0.6) is 5.75 Å². The van der Waals surface area contributed by atoms with Crippen LogP contribution in [0.4, 0.5) is 0 Å². The Hall–Kier alpha value is -2.03. The first kappa shape index (κ1) is 12.4. The van der Waals surface area contributed by atoms with Gasteiger partial charge < -0.3 is 9.30 Å². The minimum Gasteiger partial charge on any atom is -0.485 e. The molecule has 0 aliphatic rings. The SMILES string of the molecule is Cc1ccc(OCC(=O)c2cccn2C)cc1C. The summed E-state index contributed by atoms with van der Waals surface area (Å²) in [5.74, 6) is 0.724. The molecule has 1 aromatic heterocycles. The monoisotopic (exact) mass is 243 g/mol. The summed E-state index contributed by atoms with van der Waals surface area (Å²) < 4.78 is 7.32. The van der Waals surface area contributed by atoms with Gasteiger partial charge in [0.25, 0.3) is 0 Å².